The Morgan fingerprint density at radius 3 is 2.71 bits per heavy atom. The molecule has 1 aliphatic rings. The van der Waals surface area contributed by atoms with Crippen LogP contribution in [0.3, 0.4) is 0 Å². The zero-order valence-corrected chi connectivity index (χ0v) is 14.2. The van der Waals surface area contributed by atoms with Crippen LogP contribution in [0, 0.1) is 17.0 Å². The monoisotopic (exact) mass is 332 g/mol. The van der Waals surface area contributed by atoms with E-state index in [1.807, 2.05) is 0 Å². The van der Waals surface area contributed by atoms with E-state index in [0.29, 0.717) is 23.3 Å². The number of carbonyl (C=O) groups excluding carboxylic acids is 1. The van der Waals surface area contributed by atoms with Crippen LogP contribution in [0.1, 0.15) is 43.7 Å². The van der Waals surface area contributed by atoms with Crippen LogP contribution in [0.4, 0.5) is 5.69 Å². The lowest BCUT2D eigenvalue weighted by Crippen LogP contribution is -2.33. The van der Waals surface area contributed by atoms with Crippen molar-refractivity contribution in [1.82, 2.24) is 10.3 Å². The van der Waals surface area contributed by atoms with Gasteiger partial charge >= 0.3 is 0 Å². The molecule has 7 heteroatoms. The lowest BCUT2D eigenvalue weighted by atomic mass is 10.1. The zero-order valence-electron chi connectivity index (χ0n) is 14.2. The van der Waals surface area contributed by atoms with E-state index < -0.39 is 4.92 Å². The maximum Gasteiger partial charge on any atom is 0.272 e. The first-order valence-corrected chi connectivity index (χ1v) is 8.28. The number of nitrogens with zero attached hydrogens (tertiary/aromatic N) is 3. The minimum absolute atomic E-state index is 0.0541. The number of hydrogen-bond donors (Lipinski definition) is 1. The highest BCUT2D eigenvalue weighted by atomic mass is 16.6. The van der Waals surface area contributed by atoms with Crippen molar-refractivity contribution in [2.75, 3.05) is 19.6 Å². The Hall–Kier alpha value is -2.28. The molecule has 0 aromatic heterocycles. The van der Waals surface area contributed by atoms with Crippen LogP contribution < -0.4 is 5.43 Å². The van der Waals surface area contributed by atoms with Gasteiger partial charge < -0.3 is 4.90 Å². The predicted molar refractivity (Wildman–Crippen MR) is 93.1 cm³/mol. The first-order chi connectivity index (χ1) is 11.5. The highest BCUT2D eigenvalue weighted by molar-refractivity contribution is 5.99. The highest BCUT2D eigenvalue weighted by Gasteiger charge is 2.13. The standard InChI is InChI=1S/C17H24N4O3/c1-13-6-7-15(12-16(13)21(23)24)14(2)18-19-17(22)8-11-20-9-4-3-5-10-20/h6-7,12H,3-5,8-11H2,1-2H3,(H,19,22)/b18-14+. The molecule has 1 aliphatic heterocycles. The van der Waals surface area contributed by atoms with Crippen LogP contribution in [-0.4, -0.2) is 41.1 Å². The Bertz CT molecular complexity index is 637. The Morgan fingerprint density at radius 1 is 1.33 bits per heavy atom. The third kappa shape index (κ3) is 5.13. The third-order valence-corrected chi connectivity index (χ3v) is 4.28. The van der Waals surface area contributed by atoms with E-state index >= 15 is 0 Å². The van der Waals surface area contributed by atoms with Gasteiger partial charge in [-0.3, -0.25) is 14.9 Å². The van der Waals surface area contributed by atoms with E-state index in [-0.39, 0.29) is 11.6 Å². The molecule has 0 bridgehead atoms. The summed E-state index contributed by atoms with van der Waals surface area (Å²) in [4.78, 5) is 24.8. The molecule has 0 saturated carbocycles. The van der Waals surface area contributed by atoms with Crippen molar-refractivity contribution in [2.24, 2.45) is 5.10 Å². The predicted octanol–water partition coefficient (Wildman–Crippen LogP) is 2.62. The highest BCUT2D eigenvalue weighted by Crippen LogP contribution is 2.19. The van der Waals surface area contributed by atoms with Gasteiger partial charge in [0.25, 0.3) is 5.69 Å². The number of amides is 1. The first kappa shape index (κ1) is 18.1. The van der Waals surface area contributed by atoms with Crippen molar-refractivity contribution in [3.8, 4) is 0 Å². The number of hydrogen-bond acceptors (Lipinski definition) is 5. The molecule has 130 valence electrons. The maximum absolute atomic E-state index is 11.9. The van der Waals surface area contributed by atoms with Gasteiger partial charge in [0.1, 0.15) is 0 Å². The van der Waals surface area contributed by atoms with Gasteiger partial charge in [-0.15, -0.1) is 0 Å². The number of nitrogens with one attached hydrogen (secondary N) is 1. The van der Waals surface area contributed by atoms with Gasteiger partial charge in [-0.05, 0) is 39.8 Å². The summed E-state index contributed by atoms with van der Waals surface area (Å²) in [6.45, 7) is 6.28. The van der Waals surface area contributed by atoms with Gasteiger partial charge in [0.15, 0.2) is 0 Å². The molecule has 1 aromatic carbocycles. The van der Waals surface area contributed by atoms with Gasteiger partial charge in [0.05, 0.1) is 10.6 Å². The maximum atomic E-state index is 11.9. The Kier molecular flexibility index (Phi) is 6.43. The fraction of sp³-hybridized carbons (Fsp3) is 0.529. The van der Waals surface area contributed by atoms with Crippen molar-refractivity contribution in [3.63, 3.8) is 0 Å². The molecule has 1 heterocycles. The number of nitro groups is 1. The lowest BCUT2D eigenvalue weighted by Gasteiger charge is -2.25. The second-order valence-corrected chi connectivity index (χ2v) is 6.14. The summed E-state index contributed by atoms with van der Waals surface area (Å²) in [7, 11) is 0. The number of carbonyl (C=O) groups is 1. The summed E-state index contributed by atoms with van der Waals surface area (Å²) in [5, 5.41) is 15.1. The van der Waals surface area contributed by atoms with Gasteiger partial charge in [-0.25, -0.2) is 5.43 Å². The number of benzene rings is 1. The molecule has 1 aromatic rings. The minimum atomic E-state index is -0.413. The van der Waals surface area contributed by atoms with Crippen molar-refractivity contribution >= 4 is 17.3 Å². The summed E-state index contributed by atoms with van der Waals surface area (Å²) in [6, 6.07) is 4.93. The molecule has 2 rings (SSSR count). The zero-order chi connectivity index (χ0) is 17.5. The van der Waals surface area contributed by atoms with Crippen molar-refractivity contribution in [1.29, 1.82) is 0 Å². The Balaban J connectivity index is 1.89. The van der Waals surface area contributed by atoms with Gasteiger partial charge in [0, 0.05) is 30.2 Å². The van der Waals surface area contributed by atoms with Gasteiger partial charge in [-0.2, -0.15) is 5.10 Å². The van der Waals surface area contributed by atoms with Crippen LogP contribution in [0.5, 0.6) is 0 Å². The minimum Gasteiger partial charge on any atom is -0.303 e. The molecular formula is C17H24N4O3. The van der Waals surface area contributed by atoms with E-state index in [4.69, 9.17) is 0 Å². The fourth-order valence-corrected chi connectivity index (χ4v) is 2.74. The first-order valence-electron chi connectivity index (χ1n) is 8.28. The molecule has 1 fully saturated rings. The largest absolute Gasteiger partial charge is 0.303 e. The van der Waals surface area contributed by atoms with Crippen molar-refractivity contribution in [2.45, 2.75) is 39.5 Å². The molecule has 0 spiro atoms. The molecule has 0 radical (unpaired) electrons. The number of hydrazone groups is 1. The van der Waals surface area contributed by atoms with Crippen molar-refractivity contribution in [3.05, 3.63) is 39.4 Å². The molecule has 0 aliphatic carbocycles. The number of likely N-dealkylation sites (tertiary alicyclic amines) is 1. The molecule has 0 unspecified atom stereocenters. The topological polar surface area (TPSA) is 87.8 Å². The SMILES string of the molecule is C/C(=N\NC(=O)CCN1CCCCC1)c1ccc(C)c([N+](=O)[O-])c1. The average Bonchev–Trinajstić information content (AvgIpc) is 2.59. The second kappa shape index (κ2) is 8.54. The fourth-order valence-electron chi connectivity index (χ4n) is 2.74. The smallest absolute Gasteiger partial charge is 0.272 e. The van der Waals surface area contributed by atoms with Crippen LogP contribution in [0.15, 0.2) is 23.3 Å². The number of rotatable bonds is 6. The summed E-state index contributed by atoms with van der Waals surface area (Å²) >= 11 is 0. The van der Waals surface area contributed by atoms with Gasteiger partial charge in [0.2, 0.25) is 5.91 Å². The lowest BCUT2D eigenvalue weighted by molar-refractivity contribution is -0.385. The Labute approximate surface area is 141 Å². The number of aryl methyl sites for hydroxylation is 1. The molecule has 1 saturated heterocycles. The normalized spacial score (nSPS) is 16.0. The van der Waals surface area contributed by atoms with E-state index in [9.17, 15) is 14.9 Å². The van der Waals surface area contributed by atoms with Crippen LogP contribution >= 0.6 is 0 Å². The summed E-state index contributed by atoms with van der Waals surface area (Å²) < 4.78 is 0. The summed E-state index contributed by atoms with van der Waals surface area (Å²) in [5.74, 6) is -0.137. The molecule has 1 N–H and O–H groups in total. The molecule has 24 heavy (non-hydrogen) atoms. The molecular weight excluding hydrogens is 308 g/mol. The average molecular weight is 332 g/mol. The number of piperidine rings is 1. The third-order valence-electron chi connectivity index (χ3n) is 4.28. The molecule has 0 atom stereocenters. The summed E-state index contributed by atoms with van der Waals surface area (Å²) in [5.41, 5.74) is 4.36. The van der Waals surface area contributed by atoms with E-state index in [1.54, 1.807) is 26.0 Å². The van der Waals surface area contributed by atoms with Gasteiger partial charge in [-0.1, -0.05) is 18.6 Å². The number of nitro benzene ring substituents is 1. The van der Waals surface area contributed by atoms with E-state index in [0.717, 1.165) is 19.6 Å². The van der Waals surface area contributed by atoms with Crippen LogP contribution in [0.25, 0.3) is 0 Å². The molecule has 1 amide bonds. The Morgan fingerprint density at radius 2 is 2.04 bits per heavy atom. The summed E-state index contributed by atoms with van der Waals surface area (Å²) in [6.07, 6.45) is 4.08. The quantitative estimate of drug-likeness (QED) is 0.493. The van der Waals surface area contributed by atoms with E-state index in [1.165, 1.54) is 25.3 Å². The van der Waals surface area contributed by atoms with Crippen molar-refractivity contribution < 1.29 is 9.72 Å². The molecule has 7 nitrogen and oxygen atoms in total. The van der Waals surface area contributed by atoms with Crippen LogP contribution in [0.2, 0.25) is 0 Å². The second-order valence-electron chi connectivity index (χ2n) is 6.14. The van der Waals surface area contributed by atoms with Crippen LogP contribution in [-0.2, 0) is 4.79 Å². The van der Waals surface area contributed by atoms with E-state index in [2.05, 4.69) is 15.4 Å².